The first kappa shape index (κ1) is 14.2. The van der Waals surface area contributed by atoms with Crippen molar-refractivity contribution in [1.29, 1.82) is 0 Å². The minimum absolute atomic E-state index is 0.0946. The molecule has 108 valence electrons. The van der Waals surface area contributed by atoms with Crippen molar-refractivity contribution >= 4 is 27.5 Å². The van der Waals surface area contributed by atoms with E-state index in [0.29, 0.717) is 9.54 Å². The second-order valence-electron chi connectivity index (χ2n) is 5.10. The van der Waals surface area contributed by atoms with E-state index in [9.17, 15) is 14.4 Å². The van der Waals surface area contributed by atoms with Gasteiger partial charge in [0.2, 0.25) is 0 Å². The van der Waals surface area contributed by atoms with Crippen molar-refractivity contribution in [3.63, 3.8) is 0 Å². The second kappa shape index (κ2) is 5.24. The minimum Gasteiger partial charge on any atom is -0.281 e. The van der Waals surface area contributed by atoms with Gasteiger partial charge in [0.25, 0.3) is 5.91 Å². The maximum atomic E-state index is 14.7. The van der Waals surface area contributed by atoms with Crippen LogP contribution in [0.1, 0.15) is 17.9 Å². The van der Waals surface area contributed by atoms with Gasteiger partial charge in [-0.05, 0) is 33.6 Å². The van der Waals surface area contributed by atoms with Crippen LogP contribution in [0.3, 0.4) is 0 Å². The number of rotatable bonds is 3. The summed E-state index contributed by atoms with van der Waals surface area (Å²) in [6.07, 6.45) is 0.0946. The van der Waals surface area contributed by atoms with Crippen molar-refractivity contribution < 1.29 is 14.4 Å². The molecule has 0 aromatic heterocycles. The average Bonchev–Trinajstić information content (AvgIpc) is 3.21. The molecule has 21 heavy (non-hydrogen) atoms. The summed E-state index contributed by atoms with van der Waals surface area (Å²) in [5.74, 6) is -1.42. The number of halogens is 2. The van der Waals surface area contributed by atoms with E-state index in [1.807, 2.05) is 18.2 Å². The van der Waals surface area contributed by atoms with Crippen molar-refractivity contribution in [2.24, 2.45) is 0 Å². The first-order valence-corrected chi connectivity index (χ1v) is 7.35. The molecule has 0 spiro atoms. The second-order valence-corrected chi connectivity index (χ2v) is 5.95. The lowest BCUT2D eigenvalue weighted by Crippen LogP contribution is -2.37. The monoisotopic (exact) mass is 349 g/mol. The molecule has 3 rings (SSSR count). The van der Waals surface area contributed by atoms with Gasteiger partial charge >= 0.3 is 0 Å². The van der Waals surface area contributed by atoms with Gasteiger partial charge in [-0.3, -0.25) is 10.0 Å². The normalized spacial score (nSPS) is 23.7. The van der Waals surface area contributed by atoms with Gasteiger partial charge in [0.1, 0.15) is 0 Å². The Morgan fingerprint density at radius 1 is 1.19 bits per heavy atom. The number of carbonyl (C=O) groups is 1. The molecule has 2 aromatic rings. The highest BCUT2D eigenvalue weighted by Gasteiger charge is 2.63. The number of amides is 1. The van der Waals surface area contributed by atoms with Crippen molar-refractivity contribution in [3.05, 3.63) is 64.6 Å². The highest BCUT2D eigenvalue weighted by Crippen LogP contribution is 2.55. The molecule has 3 nitrogen and oxygen atoms in total. The Hall–Kier alpha value is -1.72. The molecule has 0 heterocycles. The van der Waals surface area contributed by atoms with Crippen molar-refractivity contribution in [2.75, 3.05) is 5.06 Å². The maximum absolute atomic E-state index is 14.7. The first-order chi connectivity index (χ1) is 10.0. The fraction of sp³-hybridized carbons (Fsp3) is 0.188. The lowest BCUT2D eigenvalue weighted by molar-refractivity contribution is -0.130. The third kappa shape index (κ3) is 2.47. The summed E-state index contributed by atoms with van der Waals surface area (Å²) >= 11 is 3.24. The van der Waals surface area contributed by atoms with Crippen LogP contribution in [0.15, 0.2) is 59.1 Å². The summed E-state index contributed by atoms with van der Waals surface area (Å²) < 4.78 is 15.3. The molecule has 0 saturated heterocycles. The Balaban J connectivity index is 1.82. The molecular weight excluding hydrogens is 337 g/mol. The molecule has 1 aliphatic carbocycles. The number of hydroxylamine groups is 1. The fourth-order valence-corrected chi connectivity index (χ4v) is 2.90. The number of carbonyl (C=O) groups excluding carboxylic acids is 1. The summed E-state index contributed by atoms with van der Waals surface area (Å²) in [6, 6.07) is 15.7. The van der Waals surface area contributed by atoms with Crippen LogP contribution in [0.4, 0.5) is 10.1 Å². The van der Waals surface area contributed by atoms with Gasteiger partial charge in [0.15, 0.2) is 5.67 Å². The fourth-order valence-electron chi connectivity index (χ4n) is 2.45. The summed E-state index contributed by atoms with van der Waals surface area (Å²) in [4.78, 5) is 12.2. The maximum Gasteiger partial charge on any atom is 0.289 e. The van der Waals surface area contributed by atoms with Crippen LogP contribution in [0.2, 0.25) is 0 Å². The van der Waals surface area contributed by atoms with E-state index < -0.39 is 17.5 Å². The topological polar surface area (TPSA) is 40.5 Å². The van der Waals surface area contributed by atoms with Gasteiger partial charge in [0.05, 0.1) is 5.69 Å². The highest BCUT2D eigenvalue weighted by atomic mass is 79.9. The Morgan fingerprint density at radius 2 is 1.81 bits per heavy atom. The molecule has 1 saturated carbocycles. The SMILES string of the molecule is O=C(N(O)c1ccccc1Br)[C@]1(F)C[C@H]1c1ccccc1. The van der Waals surface area contributed by atoms with Crippen LogP contribution in [0, 0.1) is 0 Å². The molecule has 2 aromatic carbocycles. The predicted molar refractivity (Wildman–Crippen MR) is 81.1 cm³/mol. The van der Waals surface area contributed by atoms with Crippen molar-refractivity contribution in [1.82, 2.24) is 0 Å². The van der Waals surface area contributed by atoms with Crippen LogP contribution in [0.5, 0.6) is 0 Å². The Morgan fingerprint density at radius 3 is 2.48 bits per heavy atom. The quantitative estimate of drug-likeness (QED) is 0.670. The third-order valence-electron chi connectivity index (χ3n) is 3.72. The number of hydrogen-bond donors (Lipinski definition) is 1. The molecule has 0 radical (unpaired) electrons. The van der Waals surface area contributed by atoms with E-state index >= 15 is 0 Å². The third-order valence-corrected chi connectivity index (χ3v) is 4.39. The van der Waals surface area contributed by atoms with Gasteiger partial charge in [0, 0.05) is 16.8 Å². The zero-order valence-electron chi connectivity index (χ0n) is 11.0. The van der Waals surface area contributed by atoms with Crippen LogP contribution < -0.4 is 5.06 Å². The number of para-hydroxylation sites is 1. The molecule has 1 fully saturated rings. The summed E-state index contributed by atoms with van der Waals surface area (Å²) in [6.45, 7) is 0. The number of benzene rings is 2. The largest absolute Gasteiger partial charge is 0.289 e. The van der Waals surface area contributed by atoms with E-state index in [4.69, 9.17) is 0 Å². The summed E-state index contributed by atoms with van der Waals surface area (Å²) in [5, 5.41) is 10.4. The zero-order chi connectivity index (χ0) is 15.0. The number of alkyl halides is 1. The number of nitrogens with zero attached hydrogens (tertiary/aromatic N) is 1. The number of anilines is 1. The highest BCUT2D eigenvalue weighted by molar-refractivity contribution is 9.10. The van der Waals surface area contributed by atoms with Crippen molar-refractivity contribution in [3.8, 4) is 0 Å². The summed E-state index contributed by atoms with van der Waals surface area (Å²) in [5.41, 5.74) is -1.03. The molecule has 0 unspecified atom stereocenters. The van der Waals surface area contributed by atoms with Crippen molar-refractivity contribution in [2.45, 2.75) is 18.0 Å². The number of hydrogen-bond acceptors (Lipinski definition) is 2. The first-order valence-electron chi connectivity index (χ1n) is 6.56. The Kier molecular flexibility index (Phi) is 3.55. The van der Waals surface area contributed by atoms with Crippen LogP contribution in [0.25, 0.3) is 0 Å². The Labute approximate surface area is 130 Å². The molecule has 5 heteroatoms. The van der Waals surface area contributed by atoms with Crippen LogP contribution in [-0.4, -0.2) is 16.8 Å². The molecule has 1 aliphatic rings. The van der Waals surface area contributed by atoms with E-state index in [0.717, 1.165) is 5.56 Å². The van der Waals surface area contributed by atoms with E-state index in [1.54, 1.807) is 36.4 Å². The van der Waals surface area contributed by atoms with Crippen LogP contribution in [-0.2, 0) is 4.79 Å². The molecule has 0 aliphatic heterocycles. The van der Waals surface area contributed by atoms with E-state index in [1.165, 1.54) is 0 Å². The van der Waals surface area contributed by atoms with Gasteiger partial charge in [-0.15, -0.1) is 0 Å². The lowest BCUT2D eigenvalue weighted by atomic mass is 10.1. The van der Waals surface area contributed by atoms with Gasteiger partial charge in [-0.2, -0.15) is 5.06 Å². The minimum atomic E-state index is -2.04. The Bertz CT molecular complexity index is 679. The van der Waals surface area contributed by atoms with Gasteiger partial charge < -0.3 is 0 Å². The van der Waals surface area contributed by atoms with Gasteiger partial charge in [-0.25, -0.2) is 4.39 Å². The van der Waals surface area contributed by atoms with E-state index in [-0.39, 0.29) is 12.1 Å². The molecule has 1 N–H and O–H groups in total. The van der Waals surface area contributed by atoms with E-state index in [2.05, 4.69) is 15.9 Å². The predicted octanol–water partition coefficient (Wildman–Crippen LogP) is 4.07. The molecular formula is C16H13BrFNO2. The van der Waals surface area contributed by atoms with Crippen LogP contribution >= 0.6 is 15.9 Å². The lowest BCUT2D eigenvalue weighted by Gasteiger charge is -2.19. The van der Waals surface area contributed by atoms with Gasteiger partial charge in [-0.1, -0.05) is 42.5 Å². The molecule has 0 bridgehead atoms. The molecule has 2 atom stereocenters. The zero-order valence-corrected chi connectivity index (χ0v) is 12.6. The average molecular weight is 350 g/mol. The smallest absolute Gasteiger partial charge is 0.281 e. The molecule has 1 amide bonds. The summed E-state index contributed by atoms with van der Waals surface area (Å²) in [7, 11) is 0. The standard InChI is InChI=1S/C16H13BrFNO2/c17-13-8-4-5-9-14(13)19(21)15(20)16(18)10-12(16)11-6-2-1-3-7-11/h1-9,12,21H,10H2/t12-,16-/m0/s1.